The minimum Gasteiger partial charge on any atom is -0.393 e. The van der Waals surface area contributed by atoms with Crippen LogP contribution in [-0.4, -0.2) is 42.0 Å². The van der Waals surface area contributed by atoms with Crippen molar-refractivity contribution >= 4 is 17.3 Å². The van der Waals surface area contributed by atoms with Crippen molar-refractivity contribution in [2.45, 2.75) is 26.3 Å². The van der Waals surface area contributed by atoms with Crippen LogP contribution in [0.2, 0.25) is 0 Å². The summed E-state index contributed by atoms with van der Waals surface area (Å²) in [4.78, 5) is 24.5. The average molecular weight is 295 g/mol. The van der Waals surface area contributed by atoms with Crippen LogP contribution in [0.25, 0.3) is 0 Å². The van der Waals surface area contributed by atoms with Gasteiger partial charge in [0.25, 0.3) is 11.6 Å². The lowest BCUT2D eigenvalue weighted by Gasteiger charge is -2.28. The molecule has 2 N–H and O–H groups in total. The summed E-state index contributed by atoms with van der Waals surface area (Å²) < 4.78 is 5.01. The predicted octanol–water partition coefficient (Wildman–Crippen LogP) is 2.06. The third-order valence-electron chi connectivity index (χ3n) is 3.39. The minimum atomic E-state index is -0.588. The lowest BCUT2D eigenvalue weighted by atomic mass is 10.1. The fraction of sp³-hybridized carbons (Fsp3) is 0.500. The molecule has 0 aliphatic carbocycles. The van der Waals surface area contributed by atoms with Gasteiger partial charge in [0.2, 0.25) is 0 Å². The summed E-state index contributed by atoms with van der Waals surface area (Å²) in [5.41, 5.74) is 5.59. The van der Waals surface area contributed by atoms with E-state index in [-0.39, 0.29) is 28.9 Å². The van der Waals surface area contributed by atoms with Crippen molar-refractivity contribution in [2.24, 2.45) is 0 Å². The van der Waals surface area contributed by atoms with E-state index in [1.807, 2.05) is 13.8 Å². The summed E-state index contributed by atoms with van der Waals surface area (Å²) in [7, 11) is 1.56. The van der Waals surface area contributed by atoms with Crippen molar-refractivity contribution in [2.75, 3.05) is 26.0 Å². The van der Waals surface area contributed by atoms with Crippen LogP contribution >= 0.6 is 0 Å². The van der Waals surface area contributed by atoms with E-state index in [9.17, 15) is 14.9 Å². The van der Waals surface area contributed by atoms with Crippen molar-refractivity contribution in [3.05, 3.63) is 33.9 Å². The molecule has 0 aliphatic rings. The van der Waals surface area contributed by atoms with Crippen molar-refractivity contribution in [1.29, 1.82) is 0 Å². The number of anilines is 1. The fourth-order valence-electron chi connectivity index (χ4n) is 1.93. The Kier molecular flexibility index (Phi) is 6.10. The third kappa shape index (κ3) is 4.16. The van der Waals surface area contributed by atoms with Crippen LogP contribution < -0.4 is 5.73 Å². The van der Waals surface area contributed by atoms with Gasteiger partial charge in [-0.2, -0.15) is 0 Å². The summed E-state index contributed by atoms with van der Waals surface area (Å²) in [6, 6.07) is 4.13. The zero-order valence-corrected chi connectivity index (χ0v) is 12.5. The van der Waals surface area contributed by atoms with E-state index in [2.05, 4.69) is 0 Å². The van der Waals surface area contributed by atoms with Gasteiger partial charge in [0.15, 0.2) is 0 Å². The van der Waals surface area contributed by atoms with Gasteiger partial charge in [-0.3, -0.25) is 14.9 Å². The van der Waals surface area contributed by atoms with Gasteiger partial charge in [0.05, 0.1) is 11.5 Å². The number of hydrogen-bond acceptors (Lipinski definition) is 5. The molecule has 1 aromatic rings. The second kappa shape index (κ2) is 7.58. The monoisotopic (exact) mass is 295 g/mol. The number of nitrogen functional groups attached to an aromatic ring is 1. The van der Waals surface area contributed by atoms with E-state index < -0.39 is 4.92 Å². The largest absolute Gasteiger partial charge is 0.393 e. The quantitative estimate of drug-likeness (QED) is 0.471. The highest BCUT2D eigenvalue weighted by Gasteiger charge is 2.23. The van der Waals surface area contributed by atoms with Crippen molar-refractivity contribution in [1.82, 2.24) is 4.90 Å². The van der Waals surface area contributed by atoms with Gasteiger partial charge >= 0.3 is 0 Å². The van der Waals surface area contributed by atoms with Crippen LogP contribution in [0.15, 0.2) is 18.2 Å². The second-order valence-electron chi connectivity index (χ2n) is 4.78. The van der Waals surface area contributed by atoms with Gasteiger partial charge in [-0.05, 0) is 25.5 Å². The van der Waals surface area contributed by atoms with E-state index in [1.165, 1.54) is 18.2 Å². The molecule has 0 heterocycles. The Hall–Kier alpha value is -2.15. The minimum absolute atomic E-state index is 0.0178. The number of nitrogens with zero attached hydrogens (tertiary/aromatic N) is 2. The molecule has 7 nitrogen and oxygen atoms in total. The van der Waals surface area contributed by atoms with E-state index >= 15 is 0 Å². The summed E-state index contributed by atoms with van der Waals surface area (Å²) in [6.45, 7) is 4.75. The van der Waals surface area contributed by atoms with Crippen molar-refractivity contribution in [3.63, 3.8) is 0 Å². The Labute approximate surface area is 123 Å². The molecule has 0 fully saturated rings. The summed E-state index contributed by atoms with van der Waals surface area (Å²) >= 11 is 0. The number of nitro benzene ring substituents is 1. The first-order valence-electron chi connectivity index (χ1n) is 6.76. The molecule has 0 aromatic heterocycles. The molecule has 21 heavy (non-hydrogen) atoms. The number of amides is 1. The summed E-state index contributed by atoms with van der Waals surface area (Å²) in [5.74, 6) is -0.260. The molecule has 0 radical (unpaired) electrons. The normalized spacial score (nSPS) is 12.0. The fourth-order valence-corrected chi connectivity index (χ4v) is 1.93. The van der Waals surface area contributed by atoms with E-state index in [1.54, 1.807) is 12.0 Å². The van der Waals surface area contributed by atoms with Crippen LogP contribution in [0.3, 0.4) is 0 Å². The van der Waals surface area contributed by atoms with Gasteiger partial charge in [0.1, 0.15) is 5.69 Å². The van der Waals surface area contributed by atoms with Crippen LogP contribution in [0, 0.1) is 10.1 Å². The first-order valence-corrected chi connectivity index (χ1v) is 6.76. The summed E-state index contributed by atoms with van der Waals surface area (Å²) in [6.07, 6.45) is 0.784. The highest BCUT2D eigenvalue weighted by atomic mass is 16.6. The Bertz CT molecular complexity index is 519. The SMILES string of the molecule is CCC(C)N(CCOC)C(=O)c1ccc(N)c([N+](=O)[O-])c1. The van der Waals surface area contributed by atoms with Crippen LogP contribution in [-0.2, 0) is 4.74 Å². The first-order chi connectivity index (χ1) is 9.92. The maximum Gasteiger partial charge on any atom is 0.292 e. The number of nitro groups is 1. The molecule has 0 aliphatic heterocycles. The van der Waals surface area contributed by atoms with Gasteiger partial charge in [0, 0.05) is 31.3 Å². The number of rotatable bonds is 7. The zero-order chi connectivity index (χ0) is 16.0. The first kappa shape index (κ1) is 16.9. The average Bonchev–Trinajstić information content (AvgIpc) is 2.47. The lowest BCUT2D eigenvalue weighted by molar-refractivity contribution is -0.383. The maximum absolute atomic E-state index is 12.5. The van der Waals surface area contributed by atoms with E-state index in [0.29, 0.717) is 13.2 Å². The molecule has 1 rings (SSSR count). The molecular formula is C14H21N3O4. The number of ether oxygens (including phenoxy) is 1. The molecule has 1 unspecified atom stereocenters. The lowest BCUT2D eigenvalue weighted by Crippen LogP contribution is -2.40. The molecule has 0 saturated heterocycles. The van der Waals surface area contributed by atoms with Gasteiger partial charge in [-0.25, -0.2) is 0 Å². The topological polar surface area (TPSA) is 98.7 Å². The molecular weight excluding hydrogens is 274 g/mol. The number of nitrogens with two attached hydrogens (primary N) is 1. The number of benzene rings is 1. The molecule has 0 spiro atoms. The predicted molar refractivity (Wildman–Crippen MR) is 80.2 cm³/mol. The Morgan fingerprint density at radius 1 is 1.52 bits per heavy atom. The molecule has 1 aromatic carbocycles. The smallest absolute Gasteiger partial charge is 0.292 e. The van der Waals surface area contributed by atoms with Gasteiger partial charge < -0.3 is 15.4 Å². The molecule has 1 atom stereocenters. The highest BCUT2D eigenvalue weighted by Crippen LogP contribution is 2.23. The Morgan fingerprint density at radius 3 is 2.71 bits per heavy atom. The number of carbonyl (C=O) groups is 1. The standard InChI is InChI=1S/C14H21N3O4/c1-4-10(2)16(7-8-21-3)14(18)11-5-6-12(15)13(9-11)17(19)20/h5-6,9-10H,4,7-8,15H2,1-3H3. The molecule has 0 saturated carbocycles. The Balaban J connectivity index is 3.08. The molecule has 1 amide bonds. The van der Waals surface area contributed by atoms with Crippen LogP contribution in [0.1, 0.15) is 30.6 Å². The molecule has 0 bridgehead atoms. The van der Waals surface area contributed by atoms with Crippen molar-refractivity contribution in [3.8, 4) is 0 Å². The van der Waals surface area contributed by atoms with Crippen LogP contribution in [0.5, 0.6) is 0 Å². The second-order valence-corrected chi connectivity index (χ2v) is 4.78. The number of carbonyl (C=O) groups excluding carboxylic acids is 1. The molecule has 7 heteroatoms. The van der Waals surface area contributed by atoms with E-state index in [0.717, 1.165) is 6.42 Å². The van der Waals surface area contributed by atoms with E-state index in [4.69, 9.17) is 10.5 Å². The third-order valence-corrected chi connectivity index (χ3v) is 3.39. The Morgan fingerprint density at radius 2 is 2.19 bits per heavy atom. The zero-order valence-electron chi connectivity index (χ0n) is 12.5. The van der Waals surface area contributed by atoms with Gasteiger partial charge in [-0.1, -0.05) is 6.92 Å². The van der Waals surface area contributed by atoms with Gasteiger partial charge in [-0.15, -0.1) is 0 Å². The highest BCUT2D eigenvalue weighted by molar-refractivity contribution is 5.95. The molecule has 116 valence electrons. The number of hydrogen-bond donors (Lipinski definition) is 1. The van der Waals surface area contributed by atoms with Crippen molar-refractivity contribution < 1.29 is 14.5 Å². The maximum atomic E-state index is 12.5. The van der Waals surface area contributed by atoms with Crippen LogP contribution in [0.4, 0.5) is 11.4 Å². The summed E-state index contributed by atoms with van der Waals surface area (Å²) in [5, 5.41) is 10.9. The number of methoxy groups -OCH3 is 1.